The Kier molecular flexibility index (Phi) is 5.93. The van der Waals surface area contributed by atoms with Crippen LogP contribution < -0.4 is 10.6 Å². The number of guanidine groups is 1. The summed E-state index contributed by atoms with van der Waals surface area (Å²) < 4.78 is 39.7. The molecule has 3 aromatic rings. The van der Waals surface area contributed by atoms with Crippen molar-refractivity contribution < 1.29 is 13.2 Å². The molecule has 0 unspecified atom stereocenters. The van der Waals surface area contributed by atoms with Gasteiger partial charge >= 0.3 is 6.18 Å². The second kappa shape index (κ2) is 8.55. The summed E-state index contributed by atoms with van der Waals surface area (Å²) in [6, 6.07) is 14.7. The minimum Gasteiger partial charge on any atom is -0.352 e. The van der Waals surface area contributed by atoms with Gasteiger partial charge in [-0.15, -0.1) is 10.2 Å². The summed E-state index contributed by atoms with van der Waals surface area (Å²) in [4.78, 5) is 4.12. The maximum atomic E-state index is 12.6. The lowest BCUT2D eigenvalue weighted by molar-refractivity contribution is -0.137. The first-order valence-corrected chi connectivity index (χ1v) is 8.52. The van der Waals surface area contributed by atoms with Crippen LogP contribution in [0.3, 0.4) is 0 Å². The zero-order valence-electron chi connectivity index (χ0n) is 15.1. The first-order chi connectivity index (χ1) is 13.5. The largest absolute Gasteiger partial charge is 0.416 e. The van der Waals surface area contributed by atoms with Crippen molar-refractivity contribution in [3.05, 3.63) is 77.9 Å². The van der Waals surface area contributed by atoms with Crippen LogP contribution in [0.4, 0.5) is 13.2 Å². The number of rotatable bonds is 5. The molecule has 6 nitrogen and oxygen atoms in total. The number of alkyl halides is 3. The molecule has 9 heteroatoms. The van der Waals surface area contributed by atoms with Crippen molar-refractivity contribution >= 4 is 5.96 Å². The van der Waals surface area contributed by atoms with E-state index in [1.54, 1.807) is 13.4 Å². The summed E-state index contributed by atoms with van der Waals surface area (Å²) in [7, 11) is 1.62. The van der Waals surface area contributed by atoms with Gasteiger partial charge in [0.25, 0.3) is 0 Å². The molecule has 0 saturated carbocycles. The number of nitrogens with zero attached hydrogens (tertiary/aromatic N) is 4. The van der Waals surface area contributed by atoms with E-state index < -0.39 is 11.7 Å². The van der Waals surface area contributed by atoms with Crippen molar-refractivity contribution in [3.8, 4) is 5.69 Å². The van der Waals surface area contributed by atoms with Crippen LogP contribution >= 0.6 is 0 Å². The van der Waals surface area contributed by atoms with Gasteiger partial charge in [-0.25, -0.2) is 0 Å². The molecule has 1 heterocycles. The maximum Gasteiger partial charge on any atom is 0.416 e. The zero-order valence-corrected chi connectivity index (χ0v) is 15.1. The summed E-state index contributed by atoms with van der Waals surface area (Å²) >= 11 is 0. The molecule has 0 saturated heterocycles. The van der Waals surface area contributed by atoms with Gasteiger partial charge in [-0.2, -0.15) is 13.2 Å². The summed E-state index contributed by atoms with van der Waals surface area (Å²) in [6.45, 7) is 0.713. The number of aliphatic imine (C=N–C) groups is 1. The van der Waals surface area contributed by atoms with Crippen LogP contribution in [0.2, 0.25) is 0 Å². The van der Waals surface area contributed by atoms with Gasteiger partial charge in [0.05, 0.1) is 12.1 Å². The van der Waals surface area contributed by atoms with Gasteiger partial charge in [-0.3, -0.25) is 9.56 Å². The van der Waals surface area contributed by atoms with E-state index in [0.717, 1.165) is 17.8 Å². The Labute approximate surface area is 160 Å². The zero-order chi connectivity index (χ0) is 20.0. The molecule has 0 spiro atoms. The van der Waals surface area contributed by atoms with E-state index in [-0.39, 0.29) is 0 Å². The number of nitrogens with one attached hydrogen (secondary N) is 2. The highest BCUT2D eigenvalue weighted by Gasteiger charge is 2.29. The second-order valence-corrected chi connectivity index (χ2v) is 5.93. The van der Waals surface area contributed by atoms with Crippen LogP contribution in [-0.2, 0) is 19.3 Å². The molecule has 0 aliphatic heterocycles. The van der Waals surface area contributed by atoms with Gasteiger partial charge in [0, 0.05) is 19.3 Å². The van der Waals surface area contributed by atoms with Crippen molar-refractivity contribution in [1.82, 2.24) is 25.4 Å². The Balaban J connectivity index is 1.57. The van der Waals surface area contributed by atoms with Crippen LogP contribution in [0.25, 0.3) is 5.69 Å². The minimum absolute atomic E-state index is 0.336. The van der Waals surface area contributed by atoms with E-state index >= 15 is 0 Å². The standard InChI is InChI=1S/C19H19F3N6/c1-23-18(24-11-14-7-9-15(10-8-14)19(20,21)22)25-12-17-27-26-13-28(17)16-5-3-2-4-6-16/h2-10,13H,11-12H2,1H3,(H2,23,24,25). The van der Waals surface area contributed by atoms with E-state index in [4.69, 9.17) is 0 Å². The molecule has 146 valence electrons. The van der Waals surface area contributed by atoms with Crippen molar-refractivity contribution in [2.75, 3.05) is 7.05 Å². The van der Waals surface area contributed by atoms with E-state index in [1.807, 2.05) is 34.9 Å². The summed E-state index contributed by atoms with van der Waals surface area (Å²) in [5.74, 6) is 1.20. The van der Waals surface area contributed by atoms with Crippen molar-refractivity contribution in [2.24, 2.45) is 4.99 Å². The highest BCUT2D eigenvalue weighted by atomic mass is 19.4. The molecule has 3 rings (SSSR count). The molecule has 0 fully saturated rings. The number of halogens is 3. The molecule has 0 amide bonds. The summed E-state index contributed by atoms with van der Waals surface area (Å²) in [5.41, 5.74) is 0.986. The minimum atomic E-state index is -4.34. The second-order valence-electron chi connectivity index (χ2n) is 5.93. The van der Waals surface area contributed by atoms with Gasteiger partial charge in [-0.1, -0.05) is 30.3 Å². The Morgan fingerprint density at radius 1 is 1.00 bits per heavy atom. The lowest BCUT2D eigenvalue weighted by atomic mass is 10.1. The fourth-order valence-corrected chi connectivity index (χ4v) is 2.56. The SMILES string of the molecule is CN=C(NCc1ccc(C(F)(F)F)cc1)NCc1nncn1-c1ccccc1. The van der Waals surface area contributed by atoms with Gasteiger partial charge in [0.15, 0.2) is 11.8 Å². The van der Waals surface area contributed by atoms with Gasteiger partial charge < -0.3 is 10.6 Å². The maximum absolute atomic E-state index is 12.6. The third-order valence-corrected chi connectivity index (χ3v) is 4.03. The number of aromatic nitrogens is 3. The monoisotopic (exact) mass is 388 g/mol. The highest BCUT2D eigenvalue weighted by molar-refractivity contribution is 5.79. The molecular weight excluding hydrogens is 369 g/mol. The predicted molar refractivity (Wildman–Crippen MR) is 99.8 cm³/mol. The Morgan fingerprint density at radius 3 is 2.32 bits per heavy atom. The van der Waals surface area contributed by atoms with E-state index in [1.165, 1.54) is 12.1 Å². The molecule has 0 aliphatic rings. The summed E-state index contributed by atoms with van der Waals surface area (Å²) in [6.07, 6.45) is -2.71. The number of benzene rings is 2. The average molecular weight is 388 g/mol. The van der Waals surface area contributed by atoms with Gasteiger partial charge in [0.2, 0.25) is 0 Å². The molecule has 1 aromatic heterocycles. The molecule has 2 aromatic carbocycles. The van der Waals surface area contributed by atoms with Crippen LogP contribution in [0.1, 0.15) is 17.0 Å². The van der Waals surface area contributed by atoms with Crippen LogP contribution in [0.5, 0.6) is 0 Å². The van der Waals surface area contributed by atoms with Crippen molar-refractivity contribution in [1.29, 1.82) is 0 Å². The van der Waals surface area contributed by atoms with Crippen molar-refractivity contribution in [3.63, 3.8) is 0 Å². The highest BCUT2D eigenvalue weighted by Crippen LogP contribution is 2.29. The van der Waals surface area contributed by atoms with Crippen LogP contribution in [0.15, 0.2) is 65.9 Å². The Hall–Kier alpha value is -3.36. The fourth-order valence-electron chi connectivity index (χ4n) is 2.56. The molecule has 0 aliphatic carbocycles. The van der Waals surface area contributed by atoms with E-state index in [2.05, 4.69) is 25.8 Å². The Bertz CT molecular complexity index is 917. The first-order valence-electron chi connectivity index (χ1n) is 8.52. The van der Waals surface area contributed by atoms with Gasteiger partial charge in [-0.05, 0) is 29.8 Å². The van der Waals surface area contributed by atoms with Crippen molar-refractivity contribution in [2.45, 2.75) is 19.3 Å². The number of hydrogen-bond donors (Lipinski definition) is 2. The topological polar surface area (TPSA) is 67.1 Å². The summed E-state index contributed by atoms with van der Waals surface area (Å²) in [5, 5.41) is 14.2. The normalized spacial score (nSPS) is 12.1. The fraction of sp³-hybridized carbons (Fsp3) is 0.211. The number of para-hydroxylation sites is 1. The van der Waals surface area contributed by atoms with E-state index in [0.29, 0.717) is 30.4 Å². The molecule has 2 N–H and O–H groups in total. The molecule has 0 atom stereocenters. The molecular formula is C19H19F3N6. The average Bonchev–Trinajstić information content (AvgIpc) is 3.17. The third-order valence-electron chi connectivity index (χ3n) is 4.03. The smallest absolute Gasteiger partial charge is 0.352 e. The lowest BCUT2D eigenvalue weighted by Crippen LogP contribution is -2.36. The third kappa shape index (κ3) is 4.87. The van der Waals surface area contributed by atoms with Crippen LogP contribution in [-0.4, -0.2) is 27.8 Å². The molecule has 0 bridgehead atoms. The number of hydrogen-bond acceptors (Lipinski definition) is 3. The predicted octanol–water partition coefficient (Wildman–Crippen LogP) is 3.15. The van der Waals surface area contributed by atoms with Gasteiger partial charge in [0.1, 0.15) is 6.33 Å². The van der Waals surface area contributed by atoms with E-state index in [9.17, 15) is 13.2 Å². The molecule has 0 radical (unpaired) electrons. The first kappa shape index (κ1) is 19.4. The Morgan fingerprint density at radius 2 is 1.68 bits per heavy atom. The van der Waals surface area contributed by atoms with Crippen LogP contribution in [0, 0.1) is 0 Å². The quantitative estimate of drug-likeness (QED) is 0.521. The lowest BCUT2D eigenvalue weighted by Gasteiger charge is -2.13. The molecule has 28 heavy (non-hydrogen) atoms.